The highest BCUT2D eigenvalue weighted by Crippen LogP contribution is 2.39. The molecule has 0 bridgehead atoms. The number of hydrogen-bond acceptors (Lipinski definition) is 5. The summed E-state index contributed by atoms with van der Waals surface area (Å²) >= 11 is 0. The number of esters is 1. The van der Waals surface area contributed by atoms with Crippen LogP contribution in [0.2, 0.25) is 0 Å². The molecule has 0 radical (unpaired) electrons. The second-order valence-corrected chi connectivity index (χ2v) is 5.40. The van der Waals surface area contributed by atoms with E-state index in [2.05, 4.69) is 22.1 Å². The number of hydrogen-bond donors (Lipinski definition) is 2. The van der Waals surface area contributed by atoms with Gasteiger partial charge in [-0.05, 0) is 38.5 Å². The van der Waals surface area contributed by atoms with Crippen LogP contribution in [0.3, 0.4) is 0 Å². The van der Waals surface area contributed by atoms with Crippen molar-refractivity contribution in [2.24, 2.45) is 11.7 Å². The van der Waals surface area contributed by atoms with Gasteiger partial charge in [0.05, 0.1) is 6.61 Å². The summed E-state index contributed by atoms with van der Waals surface area (Å²) in [7, 11) is 0. The number of nitrogens with two attached hydrogens (primary N) is 1. The average molecular weight is 266 g/mol. The highest BCUT2D eigenvalue weighted by atomic mass is 16.5. The largest absolute Gasteiger partial charge is 0.460 e. The lowest BCUT2D eigenvalue weighted by molar-refractivity contribution is 0.0512. The average Bonchev–Trinajstić information content (AvgIpc) is 2.91. The minimum absolute atomic E-state index is 0.100. The Labute approximate surface area is 113 Å². The third kappa shape index (κ3) is 2.78. The van der Waals surface area contributed by atoms with E-state index in [0.717, 1.165) is 37.4 Å². The van der Waals surface area contributed by atoms with E-state index in [0.29, 0.717) is 13.2 Å². The van der Waals surface area contributed by atoms with Gasteiger partial charge in [-0.2, -0.15) is 0 Å². The third-order valence-electron chi connectivity index (χ3n) is 4.07. The summed E-state index contributed by atoms with van der Waals surface area (Å²) in [6.07, 6.45) is 4.24. The van der Waals surface area contributed by atoms with Crippen molar-refractivity contribution in [1.29, 1.82) is 0 Å². The normalized spacial score (nSPS) is 27.2. The molecule has 0 aromatic carbocycles. The smallest absolute Gasteiger partial charge is 0.378 e. The fraction of sp³-hybridized carbons (Fsp3) is 0.769. The summed E-state index contributed by atoms with van der Waals surface area (Å²) < 4.78 is 4.90. The van der Waals surface area contributed by atoms with Crippen molar-refractivity contribution in [3.63, 3.8) is 0 Å². The SMILES string of the molecule is CCOC(=O)c1n[nH]c(C2(CN)CCC(C)CC2)n1. The van der Waals surface area contributed by atoms with Gasteiger partial charge in [0.25, 0.3) is 5.82 Å². The first kappa shape index (κ1) is 14.0. The molecule has 2 rings (SSSR count). The molecule has 0 saturated heterocycles. The number of nitrogens with one attached hydrogen (secondary N) is 1. The molecule has 0 spiro atoms. The van der Waals surface area contributed by atoms with Gasteiger partial charge in [0.15, 0.2) is 0 Å². The van der Waals surface area contributed by atoms with Gasteiger partial charge in [0.2, 0.25) is 0 Å². The fourth-order valence-electron chi connectivity index (χ4n) is 2.64. The van der Waals surface area contributed by atoms with Crippen molar-refractivity contribution in [3.05, 3.63) is 11.6 Å². The number of rotatable bonds is 4. The van der Waals surface area contributed by atoms with Gasteiger partial charge in [-0.25, -0.2) is 9.78 Å². The maximum absolute atomic E-state index is 11.6. The molecule has 0 amide bonds. The molecule has 1 aromatic heterocycles. The molecule has 0 aliphatic heterocycles. The van der Waals surface area contributed by atoms with Crippen LogP contribution in [0.25, 0.3) is 0 Å². The van der Waals surface area contributed by atoms with Crippen LogP contribution >= 0.6 is 0 Å². The number of nitrogens with zero attached hydrogens (tertiary/aromatic N) is 2. The van der Waals surface area contributed by atoms with Crippen LogP contribution in [0.5, 0.6) is 0 Å². The summed E-state index contributed by atoms with van der Waals surface area (Å²) in [5, 5.41) is 6.84. The van der Waals surface area contributed by atoms with Gasteiger partial charge in [-0.15, -0.1) is 5.10 Å². The zero-order chi connectivity index (χ0) is 13.9. The lowest BCUT2D eigenvalue weighted by atomic mass is 9.70. The minimum atomic E-state index is -0.485. The maximum atomic E-state index is 11.6. The van der Waals surface area contributed by atoms with Gasteiger partial charge in [-0.1, -0.05) is 6.92 Å². The van der Waals surface area contributed by atoms with E-state index in [4.69, 9.17) is 10.5 Å². The Balaban J connectivity index is 2.18. The highest BCUT2D eigenvalue weighted by Gasteiger charge is 2.38. The monoisotopic (exact) mass is 266 g/mol. The van der Waals surface area contributed by atoms with Crippen molar-refractivity contribution in [2.45, 2.75) is 44.9 Å². The zero-order valence-electron chi connectivity index (χ0n) is 11.6. The summed E-state index contributed by atoms with van der Waals surface area (Å²) in [5.41, 5.74) is 5.79. The van der Waals surface area contributed by atoms with E-state index in [9.17, 15) is 4.79 Å². The Kier molecular flexibility index (Phi) is 4.19. The number of carbonyl (C=O) groups excluding carboxylic acids is 1. The first-order valence-corrected chi connectivity index (χ1v) is 6.91. The summed E-state index contributed by atoms with van der Waals surface area (Å²) in [6.45, 7) is 4.86. The number of carbonyl (C=O) groups is 1. The molecule has 19 heavy (non-hydrogen) atoms. The Morgan fingerprint density at radius 1 is 1.53 bits per heavy atom. The van der Waals surface area contributed by atoms with E-state index < -0.39 is 5.97 Å². The van der Waals surface area contributed by atoms with E-state index in [-0.39, 0.29) is 11.2 Å². The van der Waals surface area contributed by atoms with Crippen molar-refractivity contribution in [3.8, 4) is 0 Å². The third-order valence-corrected chi connectivity index (χ3v) is 4.07. The summed E-state index contributed by atoms with van der Waals surface area (Å²) in [6, 6.07) is 0. The second kappa shape index (κ2) is 5.69. The van der Waals surface area contributed by atoms with Crippen molar-refractivity contribution in [1.82, 2.24) is 15.2 Å². The molecule has 1 aliphatic carbocycles. The van der Waals surface area contributed by atoms with Gasteiger partial charge in [-0.3, -0.25) is 5.10 Å². The van der Waals surface area contributed by atoms with E-state index >= 15 is 0 Å². The molecule has 1 aromatic rings. The van der Waals surface area contributed by atoms with E-state index in [1.807, 2.05) is 0 Å². The second-order valence-electron chi connectivity index (χ2n) is 5.40. The molecule has 106 valence electrons. The van der Waals surface area contributed by atoms with E-state index in [1.165, 1.54) is 0 Å². The molecule has 1 heterocycles. The fourth-order valence-corrected chi connectivity index (χ4v) is 2.64. The molecule has 1 saturated carbocycles. The zero-order valence-corrected chi connectivity index (χ0v) is 11.6. The maximum Gasteiger partial charge on any atom is 0.378 e. The molecular weight excluding hydrogens is 244 g/mol. The highest BCUT2D eigenvalue weighted by molar-refractivity contribution is 5.84. The van der Waals surface area contributed by atoms with Crippen LogP contribution < -0.4 is 5.73 Å². The Hall–Kier alpha value is -1.43. The Morgan fingerprint density at radius 3 is 2.79 bits per heavy atom. The van der Waals surface area contributed by atoms with Crippen LogP contribution in [0.1, 0.15) is 56.0 Å². The predicted octanol–water partition coefficient (Wildman–Crippen LogP) is 1.39. The van der Waals surface area contributed by atoms with Gasteiger partial charge in [0.1, 0.15) is 5.82 Å². The van der Waals surface area contributed by atoms with Crippen LogP contribution in [0.15, 0.2) is 0 Å². The number of aromatic nitrogens is 3. The Bertz CT molecular complexity index is 436. The number of aromatic amines is 1. The lowest BCUT2D eigenvalue weighted by Crippen LogP contribution is -2.39. The summed E-state index contributed by atoms with van der Waals surface area (Å²) in [4.78, 5) is 15.9. The van der Waals surface area contributed by atoms with Crippen LogP contribution in [0, 0.1) is 5.92 Å². The van der Waals surface area contributed by atoms with Crippen molar-refractivity contribution < 1.29 is 9.53 Å². The van der Waals surface area contributed by atoms with Gasteiger partial charge < -0.3 is 10.5 Å². The molecule has 3 N–H and O–H groups in total. The molecule has 0 atom stereocenters. The molecule has 6 heteroatoms. The van der Waals surface area contributed by atoms with Crippen molar-refractivity contribution in [2.75, 3.05) is 13.2 Å². The predicted molar refractivity (Wildman–Crippen MR) is 70.7 cm³/mol. The lowest BCUT2D eigenvalue weighted by Gasteiger charge is -2.36. The van der Waals surface area contributed by atoms with Crippen LogP contribution in [0.4, 0.5) is 0 Å². The topological polar surface area (TPSA) is 93.9 Å². The molecular formula is C13H22N4O2. The molecule has 1 fully saturated rings. The van der Waals surface area contributed by atoms with Gasteiger partial charge in [0, 0.05) is 12.0 Å². The standard InChI is InChI=1S/C13H22N4O2/c1-3-19-11(18)10-15-12(17-16-10)13(8-14)6-4-9(2)5-7-13/h9H,3-8,14H2,1-2H3,(H,15,16,17). The first-order chi connectivity index (χ1) is 9.11. The first-order valence-electron chi connectivity index (χ1n) is 6.91. The molecule has 6 nitrogen and oxygen atoms in total. The minimum Gasteiger partial charge on any atom is -0.460 e. The summed E-state index contributed by atoms with van der Waals surface area (Å²) in [5.74, 6) is 1.07. The van der Waals surface area contributed by atoms with Crippen molar-refractivity contribution >= 4 is 5.97 Å². The number of ether oxygens (including phenoxy) is 1. The van der Waals surface area contributed by atoms with E-state index in [1.54, 1.807) is 6.92 Å². The Morgan fingerprint density at radius 2 is 2.21 bits per heavy atom. The quantitative estimate of drug-likeness (QED) is 0.803. The van der Waals surface area contributed by atoms with Crippen LogP contribution in [-0.2, 0) is 10.2 Å². The van der Waals surface area contributed by atoms with Crippen LogP contribution in [-0.4, -0.2) is 34.3 Å². The van der Waals surface area contributed by atoms with Gasteiger partial charge >= 0.3 is 5.97 Å². The molecule has 1 aliphatic rings. The molecule has 0 unspecified atom stereocenters. The number of H-pyrrole nitrogens is 1.